The summed E-state index contributed by atoms with van der Waals surface area (Å²) in [5.41, 5.74) is 2.17. The summed E-state index contributed by atoms with van der Waals surface area (Å²) < 4.78 is 0. The second-order valence-corrected chi connectivity index (χ2v) is 4.98. The van der Waals surface area contributed by atoms with Crippen molar-refractivity contribution in [2.75, 3.05) is 24.3 Å². The molecule has 0 atom stereocenters. The van der Waals surface area contributed by atoms with E-state index in [0.29, 0.717) is 12.5 Å². The van der Waals surface area contributed by atoms with Crippen LogP contribution in [-0.2, 0) is 6.54 Å². The molecule has 2 aromatic heterocycles. The highest BCUT2D eigenvalue weighted by atomic mass is 15.1. The predicted molar refractivity (Wildman–Crippen MR) is 85.4 cm³/mol. The standard InChI is InChI=1S/C16H17N5/c1-21(2)15-10-12(11-19-16-17-8-5-9-18-16)13-6-3-4-7-14(13)20-15/h3-10H,11H2,1-2H3,(H,17,18,19). The van der Waals surface area contributed by atoms with Gasteiger partial charge in [-0.15, -0.1) is 0 Å². The second kappa shape index (κ2) is 5.75. The van der Waals surface area contributed by atoms with Crippen molar-refractivity contribution in [3.63, 3.8) is 0 Å². The van der Waals surface area contributed by atoms with Gasteiger partial charge in [-0.25, -0.2) is 15.0 Å². The fourth-order valence-corrected chi connectivity index (χ4v) is 2.17. The van der Waals surface area contributed by atoms with E-state index >= 15 is 0 Å². The molecule has 0 saturated heterocycles. The maximum atomic E-state index is 4.66. The molecule has 106 valence electrons. The summed E-state index contributed by atoms with van der Waals surface area (Å²) in [6, 6.07) is 12.1. The molecule has 3 aromatic rings. The molecule has 0 spiro atoms. The van der Waals surface area contributed by atoms with Gasteiger partial charge < -0.3 is 10.2 Å². The van der Waals surface area contributed by atoms with Crippen LogP contribution in [0.15, 0.2) is 48.8 Å². The third-order valence-corrected chi connectivity index (χ3v) is 3.25. The van der Waals surface area contributed by atoms with E-state index in [1.807, 2.05) is 37.2 Å². The summed E-state index contributed by atoms with van der Waals surface area (Å²) in [4.78, 5) is 15.0. The average Bonchev–Trinajstić information content (AvgIpc) is 2.53. The first-order valence-electron chi connectivity index (χ1n) is 6.81. The molecule has 1 N–H and O–H groups in total. The molecule has 0 amide bonds. The summed E-state index contributed by atoms with van der Waals surface area (Å²) in [5, 5.41) is 4.40. The van der Waals surface area contributed by atoms with Gasteiger partial charge >= 0.3 is 0 Å². The van der Waals surface area contributed by atoms with E-state index in [-0.39, 0.29) is 0 Å². The number of anilines is 2. The van der Waals surface area contributed by atoms with Gasteiger partial charge in [0, 0.05) is 38.4 Å². The second-order valence-electron chi connectivity index (χ2n) is 4.98. The van der Waals surface area contributed by atoms with E-state index in [9.17, 15) is 0 Å². The van der Waals surface area contributed by atoms with Gasteiger partial charge in [0.05, 0.1) is 5.52 Å². The van der Waals surface area contributed by atoms with Gasteiger partial charge in [-0.2, -0.15) is 0 Å². The number of nitrogens with one attached hydrogen (secondary N) is 1. The summed E-state index contributed by atoms with van der Waals surface area (Å²) in [7, 11) is 3.99. The zero-order valence-corrected chi connectivity index (χ0v) is 12.1. The third-order valence-electron chi connectivity index (χ3n) is 3.25. The van der Waals surface area contributed by atoms with E-state index in [2.05, 4.69) is 32.4 Å². The topological polar surface area (TPSA) is 53.9 Å². The number of fused-ring (bicyclic) bond motifs is 1. The van der Waals surface area contributed by atoms with Gasteiger partial charge in [0.15, 0.2) is 0 Å². The lowest BCUT2D eigenvalue weighted by atomic mass is 10.1. The van der Waals surface area contributed by atoms with E-state index in [0.717, 1.165) is 16.7 Å². The maximum absolute atomic E-state index is 4.66. The lowest BCUT2D eigenvalue weighted by molar-refractivity contribution is 1.04. The third kappa shape index (κ3) is 2.91. The van der Waals surface area contributed by atoms with Crippen LogP contribution >= 0.6 is 0 Å². The minimum absolute atomic E-state index is 0.629. The number of benzene rings is 1. The Morgan fingerprint density at radius 2 is 1.81 bits per heavy atom. The van der Waals surface area contributed by atoms with Crippen molar-refractivity contribution in [3.05, 3.63) is 54.4 Å². The first-order valence-corrected chi connectivity index (χ1v) is 6.81. The highest BCUT2D eigenvalue weighted by molar-refractivity contribution is 5.84. The molecular weight excluding hydrogens is 262 g/mol. The summed E-state index contributed by atoms with van der Waals surface area (Å²) in [6.45, 7) is 0.661. The highest BCUT2D eigenvalue weighted by Crippen LogP contribution is 2.22. The molecule has 0 aliphatic carbocycles. The van der Waals surface area contributed by atoms with Gasteiger partial charge in [-0.05, 0) is 23.8 Å². The quantitative estimate of drug-likeness (QED) is 0.795. The zero-order chi connectivity index (χ0) is 14.7. The molecule has 0 bridgehead atoms. The van der Waals surface area contributed by atoms with Crippen molar-refractivity contribution >= 4 is 22.7 Å². The number of hydrogen-bond acceptors (Lipinski definition) is 5. The summed E-state index contributed by atoms with van der Waals surface area (Å²) in [5.74, 6) is 1.57. The van der Waals surface area contributed by atoms with Crippen LogP contribution in [0.25, 0.3) is 10.9 Å². The Morgan fingerprint density at radius 1 is 1.05 bits per heavy atom. The minimum Gasteiger partial charge on any atom is -0.363 e. The van der Waals surface area contributed by atoms with Gasteiger partial charge in [0.1, 0.15) is 5.82 Å². The van der Waals surface area contributed by atoms with Crippen LogP contribution in [0.5, 0.6) is 0 Å². The van der Waals surface area contributed by atoms with Crippen molar-refractivity contribution in [2.24, 2.45) is 0 Å². The Kier molecular flexibility index (Phi) is 3.64. The number of rotatable bonds is 4. The van der Waals surface area contributed by atoms with Crippen LogP contribution in [-0.4, -0.2) is 29.0 Å². The molecule has 0 aliphatic heterocycles. The molecule has 0 radical (unpaired) electrons. The van der Waals surface area contributed by atoms with Gasteiger partial charge in [0.25, 0.3) is 0 Å². The van der Waals surface area contributed by atoms with Crippen LogP contribution in [0.2, 0.25) is 0 Å². The summed E-state index contributed by atoms with van der Waals surface area (Å²) >= 11 is 0. The smallest absolute Gasteiger partial charge is 0.222 e. The Hall–Kier alpha value is -2.69. The van der Waals surface area contributed by atoms with Crippen LogP contribution in [0.1, 0.15) is 5.56 Å². The molecule has 5 heteroatoms. The van der Waals surface area contributed by atoms with Crippen LogP contribution < -0.4 is 10.2 Å². The SMILES string of the molecule is CN(C)c1cc(CNc2ncccn2)c2ccccc2n1. The molecule has 0 unspecified atom stereocenters. The van der Waals surface area contributed by atoms with E-state index in [1.54, 1.807) is 18.5 Å². The normalized spacial score (nSPS) is 10.6. The number of aromatic nitrogens is 3. The van der Waals surface area contributed by atoms with Crippen molar-refractivity contribution in [2.45, 2.75) is 6.54 Å². The molecule has 0 fully saturated rings. The van der Waals surface area contributed by atoms with Crippen LogP contribution in [0.3, 0.4) is 0 Å². The van der Waals surface area contributed by atoms with Crippen molar-refractivity contribution in [1.29, 1.82) is 0 Å². The van der Waals surface area contributed by atoms with Gasteiger partial charge in [0.2, 0.25) is 5.95 Å². The Morgan fingerprint density at radius 3 is 2.57 bits per heavy atom. The maximum Gasteiger partial charge on any atom is 0.222 e. The van der Waals surface area contributed by atoms with Crippen LogP contribution in [0, 0.1) is 0 Å². The Labute approximate surface area is 123 Å². The zero-order valence-electron chi connectivity index (χ0n) is 12.1. The molecular formula is C16H17N5. The van der Waals surface area contributed by atoms with Crippen LogP contribution in [0.4, 0.5) is 11.8 Å². The summed E-state index contributed by atoms with van der Waals surface area (Å²) in [6.07, 6.45) is 3.45. The Balaban J connectivity index is 1.96. The van der Waals surface area contributed by atoms with Crippen molar-refractivity contribution in [1.82, 2.24) is 15.0 Å². The molecule has 5 nitrogen and oxygen atoms in total. The van der Waals surface area contributed by atoms with E-state index in [4.69, 9.17) is 0 Å². The number of para-hydroxylation sites is 1. The van der Waals surface area contributed by atoms with E-state index in [1.165, 1.54) is 5.56 Å². The predicted octanol–water partition coefficient (Wildman–Crippen LogP) is 2.70. The van der Waals surface area contributed by atoms with Gasteiger partial charge in [-0.3, -0.25) is 0 Å². The average molecular weight is 279 g/mol. The van der Waals surface area contributed by atoms with Gasteiger partial charge in [-0.1, -0.05) is 18.2 Å². The first-order chi connectivity index (χ1) is 10.2. The number of nitrogens with zero attached hydrogens (tertiary/aromatic N) is 4. The molecule has 1 aromatic carbocycles. The Bertz CT molecular complexity index is 740. The van der Waals surface area contributed by atoms with Crippen molar-refractivity contribution < 1.29 is 0 Å². The lowest BCUT2D eigenvalue weighted by Crippen LogP contribution is -2.12. The lowest BCUT2D eigenvalue weighted by Gasteiger charge is -2.15. The molecule has 0 aliphatic rings. The first kappa shape index (κ1) is 13.3. The van der Waals surface area contributed by atoms with E-state index < -0.39 is 0 Å². The monoisotopic (exact) mass is 279 g/mol. The molecule has 2 heterocycles. The highest BCUT2D eigenvalue weighted by Gasteiger charge is 2.07. The number of pyridine rings is 1. The number of hydrogen-bond donors (Lipinski definition) is 1. The molecule has 0 saturated carbocycles. The minimum atomic E-state index is 0.629. The molecule has 3 rings (SSSR count). The fourth-order valence-electron chi connectivity index (χ4n) is 2.17. The van der Waals surface area contributed by atoms with Crippen molar-refractivity contribution in [3.8, 4) is 0 Å². The fraction of sp³-hybridized carbons (Fsp3) is 0.188. The molecule has 21 heavy (non-hydrogen) atoms. The largest absolute Gasteiger partial charge is 0.363 e.